The number of benzene rings is 2. The molecule has 106 valence electrons. The van der Waals surface area contributed by atoms with Gasteiger partial charge in [0.15, 0.2) is 23.3 Å². The molecule has 2 aromatic rings. The third-order valence-corrected chi connectivity index (χ3v) is 2.83. The van der Waals surface area contributed by atoms with Gasteiger partial charge in [0, 0.05) is 5.56 Å². The quantitative estimate of drug-likeness (QED) is 0.453. The fourth-order valence-corrected chi connectivity index (χ4v) is 1.86. The topological polar surface area (TPSA) is 9.23 Å². The van der Waals surface area contributed by atoms with Crippen LogP contribution >= 0.6 is 0 Å². The van der Waals surface area contributed by atoms with Gasteiger partial charge in [0.1, 0.15) is 5.75 Å². The zero-order chi connectivity index (χ0) is 15.0. The summed E-state index contributed by atoms with van der Waals surface area (Å²) < 4.78 is 71.9. The zero-order valence-corrected chi connectivity index (χ0v) is 10.5. The highest BCUT2D eigenvalue weighted by Gasteiger charge is 2.28. The molecule has 0 N–H and O–H groups in total. The van der Waals surface area contributed by atoms with E-state index in [1.807, 2.05) is 0 Å². The van der Waals surface area contributed by atoms with Crippen molar-refractivity contribution in [3.05, 3.63) is 52.8 Å². The lowest BCUT2D eigenvalue weighted by atomic mass is 10.0. The summed E-state index contributed by atoms with van der Waals surface area (Å²) in [5.41, 5.74) is -0.605. The first-order valence-electron chi connectivity index (χ1n) is 5.55. The van der Waals surface area contributed by atoms with E-state index in [9.17, 15) is 22.0 Å². The van der Waals surface area contributed by atoms with Gasteiger partial charge >= 0.3 is 0 Å². The highest BCUT2D eigenvalue weighted by molar-refractivity contribution is 5.72. The molecule has 0 unspecified atom stereocenters. The van der Waals surface area contributed by atoms with Crippen molar-refractivity contribution in [2.45, 2.75) is 6.92 Å². The summed E-state index contributed by atoms with van der Waals surface area (Å²) in [4.78, 5) is 0. The van der Waals surface area contributed by atoms with E-state index in [1.54, 1.807) is 13.0 Å². The minimum Gasteiger partial charge on any atom is -0.496 e. The van der Waals surface area contributed by atoms with Crippen LogP contribution in [0.15, 0.2) is 18.2 Å². The number of rotatable bonds is 2. The lowest BCUT2D eigenvalue weighted by molar-refractivity contribution is 0.379. The summed E-state index contributed by atoms with van der Waals surface area (Å²) in [6.07, 6.45) is 0. The van der Waals surface area contributed by atoms with Gasteiger partial charge in [-0.3, -0.25) is 0 Å². The molecule has 0 spiro atoms. The summed E-state index contributed by atoms with van der Waals surface area (Å²) in [7, 11) is 1.24. The summed E-state index contributed by atoms with van der Waals surface area (Å²) >= 11 is 0. The van der Waals surface area contributed by atoms with Crippen LogP contribution in [-0.2, 0) is 0 Å². The van der Waals surface area contributed by atoms with Crippen molar-refractivity contribution in [2.75, 3.05) is 7.11 Å². The molecule has 20 heavy (non-hydrogen) atoms. The van der Waals surface area contributed by atoms with Crippen molar-refractivity contribution < 1.29 is 26.7 Å². The van der Waals surface area contributed by atoms with Gasteiger partial charge in [-0.05, 0) is 19.1 Å². The fraction of sp³-hybridized carbons (Fsp3) is 0.143. The molecule has 0 aromatic heterocycles. The Bertz CT molecular complexity index is 653. The maximum Gasteiger partial charge on any atom is 0.200 e. The molecule has 1 nitrogen and oxygen atoms in total. The van der Waals surface area contributed by atoms with Gasteiger partial charge in [0.05, 0.1) is 12.7 Å². The molecule has 0 aliphatic carbocycles. The smallest absolute Gasteiger partial charge is 0.200 e. The number of halogens is 5. The first-order chi connectivity index (χ1) is 9.38. The monoisotopic (exact) mass is 288 g/mol. The number of ether oxygens (including phenoxy) is 1. The second kappa shape index (κ2) is 5.11. The normalized spacial score (nSPS) is 10.8. The minimum atomic E-state index is -2.18. The van der Waals surface area contributed by atoms with Gasteiger partial charge in [0.25, 0.3) is 0 Å². The van der Waals surface area contributed by atoms with E-state index >= 15 is 0 Å². The van der Waals surface area contributed by atoms with E-state index in [0.717, 1.165) is 0 Å². The molecule has 2 rings (SSSR count). The molecule has 0 aliphatic rings. The van der Waals surface area contributed by atoms with Crippen LogP contribution in [0.5, 0.6) is 5.75 Å². The summed E-state index contributed by atoms with van der Waals surface area (Å²) in [5.74, 6) is -9.91. The van der Waals surface area contributed by atoms with Crippen LogP contribution in [-0.4, -0.2) is 7.11 Å². The number of hydrogen-bond donors (Lipinski definition) is 0. The van der Waals surface area contributed by atoms with Gasteiger partial charge in [-0.1, -0.05) is 11.6 Å². The van der Waals surface area contributed by atoms with E-state index in [4.69, 9.17) is 4.74 Å². The maximum atomic E-state index is 13.8. The maximum absolute atomic E-state index is 13.8. The zero-order valence-electron chi connectivity index (χ0n) is 10.5. The molecule has 0 saturated heterocycles. The molecule has 0 atom stereocenters. The van der Waals surface area contributed by atoms with Crippen LogP contribution in [0.1, 0.15) is 5.56 Å². The molecule has 0 amide bonds. The summed E-state index contributed by atoms with van der Waals surface area (Å²) in [6.45, 7) is 1.62. The van der Waals surface area contributed by atoms with Crippen LogP contribution in [0.4, 0.5) is 22.0 Å². The predicted molar refractivity (Wildman–Crippen MR) is 63.0 cm³/mol. The van der Waals surface area contributed by atoms with Crippen molar-refractivity contribution in [1.82, 2.24) is 0 Å². The average Bonchev–Trinajstić information content (AvgIpc) is 2.43. The highest BCUT2D eigenvalue weighted by atomic mass is 19.2. The third-order valence-electron chi connectivity index (χ3n) is 2.83. The van der Waals surface area contributed by atoms with Crippen molar-refractivity contribution in [3.8, 4) is 16.9 Å². The van der Waals surface area contributed by atoms with E-state index in [0.29, 0.717) is 5.56 Å². The Balaban J connectivity index is 2.86. The van der Waals surface area contributed by atoms with Gasteiger partial charge in [0.2, 0.25) is 5.82 Å². The van der Waals surface area contributed by atoms with Crippen molar-refractivity contribution in [2.24, 2.45) is 0 Å². The molecular formula is C14H9F5O. The standard InChI is InChI=1S/C14H9F5O/c1-6-3-4-8(20-2)7(5-6)9-10(15)12(17)14(19)13(18)11(9)16/h3-5H,1-2H3. The van der Waals surface area contributed by atoms with Gasteiger partial charge < -0.3 is 4.74 Å². The second-order valence-corrected chi connectivity index (χ2v) is 4.15. The van der Waals surface area contributed by atoms with E-state index in [-0.39, 0.29) is 11.3 Å². The van der Waals surface area contributed by atoms with Gasteiger partial charge in [-0.2, -0.15) is 0 Å². The van der Waals surface area contributed by atoms with E-state index in [2.05, 4.69) is 0 Å². The van der Waals surface area contributed by atoms with Crippen molar-refractivity contribution >= 4 is 0 Å². The van der Waals surface area contributed by atoms with E-state index in [1.165, 1.54) is 19.2 Å². The Labute approximate surface area is 111 Å². The molecule has 0 radical (unpaired) electrons. The van der Waals surface area contributed by atoms with E-state index < -0.39 is 34.6 Å². The third kappa shape index (κ3) is 2.11. The summed E-state index contributed by atoms with van der Waals surface area (Å²) in [5, 5.41) is 0. The molecule has 6 heteroatoms. The number of hydrogen-bond acceptors (Lipinski definition) is 1. The average molecular weight is 288 g/mol. The van der Waals surface area contributed by atoms with Crippen molar-refractivity contribution in [1.29, 1.82) is 0 Å². The first-order valence-corrected chi connectivity index (χ1v) is 5.55. The van der Waals surface area contributed by atoms with Gasteiger partial charge in [-0.15, -0.1) is 0 Å². The molecule has 0 saturated carbocycles. The minimum absolute atomic E-state index is 0.0128. The Hall–Kier alpha value is -2.11. The molecule has 0 bridgehead atoms. The van der Waals surface area contributed by atoms with Crippen LogP contribution in [0.3, 0.4) is 0 Å². The number of aryl methyl sites for hydroxylation is 1. The second-order valence-electron chi connectivity index (χ2n) is 4.15. The number of methoxy groups -OCH3 is 1. The molecule has 0 fully saturated rings. The predicted octanol–water partition coefficient (Wildman–Crippen LogP) is 4.37. The molecule has 0 heterocycles. The first kappa shape index (κ1) is 14.3. The largest absolute Gasteiger partial charge is 0.496 e. The van der Waals surface area contributed by atoms with Crippen LogP contribution in [0, 0.1) is 36.0 Å². The van der Waals surface area contributed by atoms with Crippen molar-refractivity contribution in [3.63, 3.8) is 0 Å². The Kier molecular flexibility index (Phi) is 3.65. The Morgan fingerprint density at radius 2 is 1.30 bits per heavy atom. The van der Waals surface area contributed by atoms with Gasteiger partial charge in [-0.25, -0.2) is 22.0 Å². The summed E-state index contributed by atoms with van der Waals surface area (Å²) in [6, 6.07) is 4.27. The molecule has 2 aromatic carbocycles. The SMILES string of the molecule is COc1ccc(C)cc1-c1c(F)c(F)c(F)c(F)c1F. The molecule has 0 aliphatic heterocycles. The Morgan fingerprint density at radius 3 is 1.80 bits per heavy atom. The fourth-order valence-electron chi connectivity index (χ4n) is 1.86. The Morgan fingerprint density at radius 1 is 0.800 bits per heavy atom. The van der Waals surface area contributed by atoms with Crippen LogP contribution in [0.2, 0.25) is 0 Å². The highest BCUT2D eigenvalue weighted by Crippen LogP contribution is 2.37. The van der Waals surface area contributed by atoms with Crippen LogP contribution < -0.4 is 4.74 Å². The molecular weight excluding hydrogens is 279 g/mol. The lowest BCUT2D eigenvalue weighted by Gasteiger charge is -2.12. The van der Waals surface area contributed by atoms with Crippen LogP contribution in [0.25, 0.3) is 11.1 Å². The lowest BCUT2D eigenvalue weighted by Crippen LogP contribution is -2.05.